The van der Waals surface area contributed by atoms with Crippen LogP contribution in [0, 0.1) is 12.7 Å². The van der Waals surface area contributed by atoms with Crippen LogP contribution >= 0.6 is 11.6 Å². The third kappa shape index (κ3) is 7.11. The van der Waals surface area contributed by atoms with Gasteiger partial charge < -0.3 is 15.0 Å². The van der Waals surface area contributed by atoms with Crippen LogP contribution in [0.1, 0.15) is 45.7 Å². The number of anilines is 2. The maximum atomic E-state index is 13.9. The van der Waals surface area contributed by atoms with Gasteiger partial charge in [0.15, 0.2) is 0 Å². The van der Waals surface area contributed by atoms with Crippen molar-refractivity contribution in [2.24, 2.45) is 0 Å². The third-order valence-corrected chi connectivity index (χ3v) is 7.57. The van der Waals surface area contributed by atoms with Crippen molar-refractivity contribution in [3.8, 4) is 0 Å². The zero-order valence-electron chi connectivity index (χ0n) is 23.6. The fraction of sp³-hybridized carbons (Fsp3) is 0.310. The number of fused-ring (bicyclic) bond motifs is 1. The first kappa shape index (κ1) is 30.9. The first-order valence-corrected chi connectivity index (χ1v) is 14.5. The maximum absolute atomic E-state index is 13.9. The van der Waals surface area contributed by atoms with Crippen LogP contribution < -0.4 is 5.32 Å². The van der Waals surface area contributed by atoms with Gasteiger partial charge in [-0.15, -0.1) is 0 Å². The Morgan fingerprint density at radius 3 is 2.48 bits per heavy atom. The second-order valence-corrected chi connectivity index (χ2v) is 12.2. The number of rotatable bonds is 6. The summed E-state index contributed by atoms with van der Waals surface area (Å²) >= 11 is 6.36. The normalized spacial score (nSPS) is 11.5. The van der Waals surface area contributed by atoms with Crippen molar-refractivity contribution in [1.29, 1.82) is 0 Å². The fourth-order valence-corrected chi connectivity index (χ4v) is 5.51. The van der Waals surface area contributed by atoms with Crippen LogP contribution in [0.5, 0.6) is 0 Å². The Morgan fingerprint density at radius 2 is 1.85 bits per heavy atom. The molecule has 0 radical (unpaired) electrons. The van der Waals surface area contributed by atoms with Crippen molar-refractivity contribution >= 4 is 50.1 Å². The molecule has 2 heterocycles. The average molecular weight is 589 g/mol. The Balaban J connectivity index is 0.00000216. The van der Waals surface area contributed by atoms with Crippen LogP contribution in [0.2, 0.25) is 5.02 Å². The summed E-state index contributed by atoms with van der Waals surface area (Å²) < 4.78 is 47.7. The van der Waals surface area contributed by atoms with E-state index in [-0.39, 0.29) is 11.4 Å². The summed E-state index contributed by atoms with van der Waals surface area (Å²) in [6.07, 6.45) is 2.37. The van der Waals surface area contributed by atoms with Crippen LogP contribution in [0.4, 0.5) is 20.7 Å². The van der Waals surface area contributed by atoms with Gasteiger partial charge in [-0.2, -0.15) is 0 Å². The van der Waals surface area contributed by atoms with Crippen molar-refractivity contribution < 1.29 is 22.3 Å². The highest BCUT2D eigenvalue weighted by atomic mass is 35.5. The van der Waals surface area contributed by atoms with Gasteiger partial charge in [-0.1, -0.05) is 37.6 Å². The van der Waals surface area contributed by atoms with E-state index in [1.54, 1.807) is 46.0 Å². The maximum Gasteiger partial charge on any atom is 0.410 e. The molecule has 40 heavy (non-hydrogen) atoms. The van der Waals surface area contributed by atoms with Gasteiger partial charge in [-0.05, 0) is 69.2 Å². The number of halogens is 2. The summed E-state index contributed by atoms with van der Waals surface area (Å²) in [5, 5.41) is 4.10. The Hall–Kier alpha value is -3.63. The molecule has 0 bridgehead atoms. The highest BCUT2D eigenvalue weighted by molar-refractivity contribution is 7.90. The predicted octanol–water partition coefficient (Wildman–Crippen LogP) is 7.51. The standard InChI is InChI=1S/C27H28ClFN4O4S.C2H6/c1-17-9-10-23(22(28)11-17)31-25-13-24-21(14-30-25)18(15-32(5)26(34)37-27(2,3)4)16-33(24)38(35,36)20-8-6-7-19(29)12-20;1-2/h6-14,16H,15H2,1-5H3,(H,30,31);1-2H3. The molecule has 8 nitrogen and oxygen atoms in total. The first-order valence-electron chi connectivity index (χ1n) is 12.7. The molecule has 0 unspecified atom stereocenters. The molecule has 1 amide bonds. The zero-order valence-corrected chi connectivity index (χ0v) is 25.2. The number of nitrogens with zero attached hydrogens (tertiary/aromatic N) is 3. The number of nitrogens with one attached hydrogen (secondary N) is 1. The van der Waals surface area contributed by atoms with Crippen LogP contribution in [0.25, 0.3) is 10.9 Å². The molecule has 0 saturated carbocycles. The molecule has 0 spiro atoms. The number of hydrogen-bond donors (Lipinski definition) is 1. The smallest absolute Gasteiger partial charge is 0.410 e. The second-order valence-electron chi connectivity index (χ2n) is 9.94. The van der Waals surface area contributed by atoms with E-state index in [0.29, 0.717) is 33.0 Å². The number of aromatic nitrogens is 2. The first-order chi connectivity index (χ1) is 18.7. The number of benzene rings is 2. The number of hydrogen-bond acceptors (Lipinski definition) is 6. The van der Waals surface area contributed by atoms with E-state index in [1.807, 2.05) is 26.8 Å². The molecule has 214 valence electrons. The molecule has 0 saturated heterocycles. The van der Waals surface area contributed by atoms with Crippen molar-refractivity contribution in [2.45, 2.75) is 58.6 Å². The molecule has 0 atom stereocenters. The second kappa shape index (κ2) is 12.3. The Bertz CT molecular complexity index is 1630. The summed E-state index contributed by atoms with van der Waals surface area (Å²) in [5.41, 5.74) is 1.70. The topological polar surface area (TPSA) is 93.5 Å². The van der Waals surface area contributed by atoms with E-state index in [0.717, 1.165) is 15.6 Å². The fourth-order valence-electron chi connectivity index (χ4n) is 3.81. The van der Waals surface area contributed by atoms with Gasteiger partial charge in [-0.25, -0.2) is 26.6 Å². The summed E-state index contributed by atoms with van der Waals surface area (Å²) in [5.74, 6) is -0.324. The van der Waals surface area contributed by atoms with E-state index in [1.165, 1.54) is 35.5 Å². The summed E-state index contributed by atoms with van der Waals surface area (Å²) in [6.45, 7) is 11.2. The number of carbonyl (C=O) groups is 1. The van der Waals surface area contributed by atoms with Crippen LogP contribution in [-0.2, 0) is 21.3 Å². The van der Waals surface area contributed by atoms with Crippen molar-refractivity contribution in [3.05, 3.63) is 82.9 Å². The van der Waals surface area contributed by atoms with Crippen LogP contribution in [0.3, 0.4) is 0 Å². The molecule has 0 aliphatic rings. The largest absolute Gasteiger partial charge is 0.444 e. The lowest BCUT2D eigenvalue weighted by Crippen LogP contribution is -2.33. The number of carbonyl (C=O) groups excluding carboxylic acids is 1. The number of ether oxygens (including phenoxy) is 1. The van der Waals surface area contributed by atoms with E-state index < -0.39 is 27.5 Å². The van der Waals surface area contributed by atoms with Crippen LogP contribution in [0.15, 0.2) is 65.8 Å². The quantitative estimate of drug-likeness (QED) is 0.250. The summed E-state index contributed by atoms with van der Waals surface area (Å²) in [6, 6.07) is 11.8. The van der Waals surface area contributed by atoms with Gasteiger partial charge in [0.1, 0.15) is 17.2 Å². The monoisotopic (exact) mass is 588 g/mol. The van der Waals surface area contributed by atoms with Gasteiger partial charge in [0.25, 0.3) is 10.0 Å². The summed E-state index contributed by atoms with van der Waals surface area (Å²) in [4.78, 5) is 18.2. The lowest BCUT2D eigenvalue weighted by molar-refractivity contribution is 0.0285. The lowest BCUT2D eigenvalue weighted by atomic mass is 10.2. The molecule has 11 heteroatoms. The van der Waals surface area contributed by atoms with Crippen LogP contribution in [-0.4, -0.2) is 41.0 Å². The molecule has 0 aliphatic heterocycles. The van der Waals surface area contributed by atoms with Crippen molar-refractivity contribution in [2.75, 3.05) is 12.4 Å². The van der Waals surface area contributed by atoms with Crippen molar-refractivity contribution in [1.82, 2.24) is 13.9 Å². The lowest BCUT2D eigenvalue weighted by Gasteiger charge is -2.24. The van der Waals surface area contributed by atoms with E-state index in [4.69, 9.17) is 16.3 Å². The van der Waals surface area contributed by atoms with Crippen molar-refractivity contribution in [3.63, 3.8) is 0 Å². The molecule has 4 aromatic rings. The molecule has 2 aromatic carbocycles. The highest BCUT2D eigenvalue weighted by Gasteiger charge is 2.25. The van der Waals surface area contributed by atoms with E-state index >= 15 is 0 Å². The molecule has 0 fully saturated rings. The zero-order chi connectivity index (χ0) is 29.8. The molecular formula is C29H34ClFN4O4S. The van der Waals surface area contributed by atoms with E-state index in [2.05, 4.69) is 10.3 Å². The Kier molecular flexibility index (Phi) is 9.48. The minimum atomic E-state index is -4.20. The highest BCUT2D eigenvalue weighted by Crippen LogP contribution is 2.31. The molecule has 1 N–H and O–H groups in total. The molecule has 0 aliphatic carbocycles. The van der Waals surface area contributed by atoms with Gasteiger partial charge >= 0.3 is 6.09 Å². The minimum Gasteiger partial charge on any atom is -0.444 e. The third-order valence-electron chi connectivity index (χ3n) is 5.59. The van der Waals surface area contributed by atoms with Gasteiger partial charge in [0.2, 0.25) is 0 Å². The Morgan fingerprint density at radius 1 is 1.15 bits per heavy atom. The molecular weight excluding hydrogens is 555 g/mol. The summed E-state index contributed by atoms with van der Waals surface area (Å²) in [7, 11) is -2.64. The minimum absolute atomic E-state index is 0.0509. The average Bonchev–Trinajstić information content (AvgIpc) is 3.24. The number of aryl methyl sites for hydroxylation is 1. The Labute approximate surface area is 239 Å². The van der Waals surface area contributed by atoms with E-state index in [9.17, 15) is 17.6 Å². The van der Waals surface area contributed by atoms with Gasteiger partial charge in [0, 0.05) is 30.9 Å². The number of pyridine rings is 1. The SMILES string of the molecule is CC.Cc1ccc(Nc2cc3c(cn2)c(CN(C)C(=O)OC(C)(C)C)cn3S(=O)(=O)c2cccc(F)c2)c(Cl)c1. The predicted molar refractivity (Wildman–Crippen MR) is 157 cm³/mol. The number of amides is 1. The van der Waals surface area contributed by atoms with Gasteiger partial charge in [-0.3, -0.25) is 0 Å². The molecule has 2 aromatic heterocycles. The molecule has 4 rings (SSSR count). The van der Waals surface area contributed by atoms with Gasteiger partial charge in [0.05, 0.1) is 27.7 Å².